The molecule has 1 aromatic carbocycles. The lowest BCUT2D eigenvalue weighted by Gasteiger charge is -2.09. The van der Waals surface area contributed by atoms with Gasteiger partial charge in [-0.3, -0.25) is 4.79 Å². The topological polar surface area (TPSA) is 75.3 Å². The molecule has 0 radical (unpaired) electrons. The summed E-state index contributed by atoms with van der Waals surface area (Å²) in [7, 11) is -2.01. The first-order chi connectivity index (χ1) is 11.5. The van der Waals surface area contributed by atoms with Crippen molar-refractivity contribution in [2.24, 2.45) is 5.92 Å². The molecule has 6 heteroatoms. The van der Waals surface area contributed by atoms with Gasteiger partial charge in [0.1, 0.15) is 0 Å². The number of hydrogen-bond acceptors (Lipinski definition) is 3. The first kappa shape index (κ1) is 18.9. The number of rotatable bonds is 9. The maximum Gasteiger partial charge on any atom is 0.240 e. The Hall–Kier alpha value is -1.40. The van der Waals surface area contributed by atoms with Crippen LogP contribution >= 0.6 is 0 Å². The van der Waals surface area contributed by atoms with Crippen molar-refractivity contribution in [3.05, 3.63) is 29.8 Å². The normalized spacial score (nSPS) is 15.5. The largest absolute Gasteiger partial charge is 0.356 e. The number of amides is 1. The molecule has 1 aliphatic carbocycles. The monoisotopic (exact) mass is 352 g/mol. The zero-order chi connectivity index (χ0) is 17.4. The van der Waals surface area contributed by atoms with Crippen LogP contribution in [-0.4, -0.2) is 27.9 Å². The number of nitrogens with one attached hydrogen (secondary N) is 2. The number of hydrogen-bond donors (Lipinski definition) is 2. The fraction of sp³-hybridized carbons (Fsp3) is 0.611. The molecule has 0 aliphatic heterocycles. The number of benzene rings is 1. The Labute approximate surface area is 145 Å². The summed E-state index contributed by atoms with van der Waals surface area (Å²) in [5, 5.41) is 2.98. The molecule has 1 saturated carbocycles. The molecule has 1 aliphatic rings. The van der Waals surface area contributed by atoms with Gasteiger partial charge >= 0.3 is 0 Å². The van der Waals surface area contributed by atoms with E-state index in [9.17, 15) is 13.2 Å². The summed E-state index contributed by atoms with van der Waals surface area (Å²) in [4.78, 5) is 12.1. The van der Waals surface area contributed by atoms with Crippen LogP contribution in [0.25, 0.3) is 0 Å². The third kappa shape index (κ3) is 5.91. The van der Waals surface area contributed by atoms with Gasteiger partial charge in [0.05, 0.1) is 4.90 Å². The zero-order valence-corrected chi connectivity index (χ0v) is 15.2. The van der Waals surface area contributed by atoms with Crippen LogP contribution in [0.5, 0.6) is 0 Å². The van der Waals surface area contributed by atoms with Gasteiger partial charge in [0.15, 0.2) is 0 Å². The summed E-state index contributed by atoms with van der Waals surface area (Å²) in [6.07, 6.45) is 8.78. The fourth-order valence-electron chi connectivity index (χ4n) is 3.22. The van der Waals surface area contributed by atoms with Gasteiger partial charge in [-0.25, -0.2) is 13.1 Å². The third-order valence-corrected chi connectivity index (χ3v) is 6.16. The van der Waals surface area contributed by atoms with E-state index in [0.29, 0.717) is 12.8 Å². The summed E-state index contributed by atoms with van der Waals surface area (Å²) in [5.41, 5.74) is 0.964. The standard InChI is InChI=1S/C18H28N2O3S/c1-19-24(22,23)17-11-8-16(9-12-17)10-13-18(21)20-14-4-7-15-5-2-3-6-15/h8-9,11-12,15,19H,2-7,10,13-14H2,1H3,(H,20,21). The van der Waals surface area contributed by atoms with Crippen LogP contribution in [0.3, 0.4) is 0 Å². The fourth-order valence-corrected chi connectivity index (χ4v) is 3.95. The van der Waals surface area contributed by atoms with E-state index in [1.54, 1.807) is 24.3 Å². The molecular weight excluding hydrogens is 324 g/mol. The molecule has 0 unspecified atom stereocenters. The maximum atomic E-state index is 11.9. The second-order valence-electron chi connectivity index (χ2n) is 6.49. The molecule has 0 spiro atoms. The van der Waals surface area contributed by atoms with Crippen molar-refractivity contribution in [3.8, 4) is 0 Å². The average molecular weight is 353 g/mol. The van der Waals surface area contributed by atoms with Crippen molar-refractivity contribution in [2.75, 3.05) is 13.6 Å². The molecule has 0 bridgehead atoms. The van der Waals surface area contributed by atoms with Crippen molar-refractivity contribution >= 4 is 15.9 Å². The van der Waals surface area contributed by atoms with Gasteiger partial charge in [-0.1, -0.05) is 37.8 Å². The van der Waals surface area contributed by atoms with Crippen LogP contribution in [-0.2, 0) is 21.2 Å². The predicted octanol–water partition coefficient (Wildman–Crippen LogP) is 2.61. The third-order valence-electron chi connectivity index (χ3n) is 4.73. The van der Waals surface area contributed by atoms with Crippen molar-refractivity contribution < 1.29 is 13.2 Å². The Morgan fingerprint density at radius 3 is 2.46 bits per heavy atom. The summed E-state index contributed by atoms with van der Waals surface area (Å²) >= 11 is 0. The quantitative estimate of drug-likeness (QED) is 0.671. The molecule has 2 rings (SSSR count). The van der Waals surface area contributed by atoms with E-state index in [1.807, 2.05) is 0 Å². The molecule has 5 nitrogen and oxygen atoms in total. The Bertz CT molecular complexity index is 620. The highest BCUT2D eigenvalue weighted by Gasteiger charge is 2.14. The van der Waals surface area contributed by atoms with E-state index in [0.717, 1.165) is 24.4 Å². The molecule has 0 heterocycles. The summed E-state index contributed by atoms with van der Waals surface area (Å²) in [6, 6.07) is 6.66. The van der Waals surface area contributed by atoms with Crippen LogP contribution in [0.4, 0.5) is 0 Å². The second kappa shape index (κ2) is 9.18. The summed E-state index contributed by atoms with van der Waals surface area (Å²) in [6.45, 7) is 0.759. The number of aryl methyl sites for hydroxylation is 1. The van der Waals surface area contributed by atoms with E-state index in [4.69, 9.17) is 0 Å². The van der Waals surface area contributed by atoms with Gasteiger partial charge in [-0.05, 0) is 49.9 Å². The molecule has 134 valence electrons. The van der Waals surface area contributed by atoms with E-state index in [1.165, 1.54) is 39.2 Å². The highest BCUT2D eigenvalue weighted by molar-refractivity contribution is 7.89. The number of carbonyl (C=O) groups excluding carboxylic acids is 1. The van der Waals surface area contributed by atoms with Crippen LogP contribution in [0.15, 0.2) is 29.2 Å². The molecular formula is C18H28N2O3S. The van der Waals surface area contributed by atoms with Gasteiger partial charge in [0, 0.05) is 13.0 Å². The molecule has 2 N–H and O–H groups in total. The highest BCUT2D eigenvalue weighted by Crippen LogP contribution is 2.28. The first-order valence-electron chi connectivity index (χ1n) is 8.80. The first-order valence-corrected chi connectivity index (χ1v) is 10.3. The summed E-state index contributed by atoms with van der Waals surface area (Å²) < 4.78 is 25.6. The Balaban J connectivity index is 1.66. The van der Waals surface area contributed by atoms with Gasteiger partial charge < -0.3 is 5.32 Å². The van der Waals surface area contributed by atoms with Gasteiger partial charge in [-0.15, -0.1) is 0 Å². The highest BCUT2D eigenvalue weighted by atomic mass is 32.2. The zero-order valence-electron chi connectivity index (χ0n) is 14.4. The van der Waals surface area contributed by atoms with E-state index < -0.39 is 10.0 Å². The van der Waals surface area contributed by atoms with Gasteiger partial charge in [-0.2, -0.15) is 0 Å². The van der Waals surface area contributed by atoms with Crippen molar-refractivity contribution in [3.63, 3.8) is 0 Å². The van der Waals surface area contributed by atoms with E-state index in [-0.39, 0.29) is 10.8 Å². The minimum atomic E-state index is -3.40. The van der Waals surface area contributed by atoms with Crippen molar-refractivity contribution in [1.29, 1.82) is 0 Å². The number of carbonyl (C=O) groups is 1. The van der Waals surface area contributed by atoms with Gasteiger partial charge in [0.25, 0.3) is 0 Å². The van der Waals surface area contributed by atoms with Crippen molar-refractivity contribution in [2.45, 2.75) is 56.3 Å². The molecule has 1 aromatic rings. The minimum Gasteiger partial charge on any atom is -0.356 e. The predicted molar refractivity (Wildman–Crippen MR) is 95.2 cm³/mol. The smallest absolute Gasteiger partial charge is 0.240 e. The van der Waals surface area contributed by atoms with E-state index in [2.05, 4.69) is 10.0 Å². The van der Waals surface area contributed by atoms with E-state index >= 15 is 0 Å². The SMILES string of the molecule is CNS(=O)(=O)c1ccc(CCC(=O)NCCCC2CCCC2)cc1. The lowest BCUT2D eigenvalue weighted by Crippen LogP contribution is -2.25. The molecule has 0 aromatic heterocycles. The average Bonchev–Trinajstić information content (AvgIpc) is 3.10. The van der Waals surface area contributed by atoms with Crippen LogP contribution in [0.1, 0.15) is 50.5 Å². The Morgan fingerprint density at radius 1 is 1.17 bits per heavy atom. The van der Waals surface area contributed by atoms with Crippen LogP contribution < -0.4 is 10.0 Å². The molecule has 1 amide bonds. The second-order valence-corrected chi connectivity index (χ2v) is 8.38. The van der Waals surface area contributed by atoms with Gasteiger partial charge in [0.2, 0.25) is 15.9 Å². The van der Waals surface area contributed by atoms with Crippen LogP contribution in [0.2, 0.25) is 0 Å². The molecule has 1 fully saturated rings. The van der Waals surface area contributed by atoms with Crippen LogP contribution in [0, 0.1) is 5.92 Å². The molecule has 0 atom stereocenters. The Kier molecular flexibility index (Phi) is 7.24. The number of sulfonamides is 1. The lowest BCUT2D eigenvalue weighted by atomic mass is 10.0. The van der Waals surface area contributed by atoms with Crippen molar-refractivity contribution in [1.82, 2.24) is 10.0 Å². The molecule has 24 heavy (non-hydrogen) atoms. The molecule has 0 saturated heterocycles. The lowest BCUT2D eigenvalue weighted by molar-refractivity contribution is -0.121. The minimum absolute atomic E-state index is 0.0633. The Morgan fingerprint density at radius 2 is 1.83 bits per heavy atom. The maximum absolute atomic E-state index is 11.9. The summed E-state index contributed by atoms with van der Waals surface area (Å²) in [5.74, 6) is 0.933.